The van der Waals surface area contributed by atoms with Gasteiger partial charge in [-0.05, 0) is 38.0 Å². The summed E-state index contributed by atoms with van der Waals surface area (Å²) in [5, 5.41) is 8.45. The number of methoxy groups -OCH3 is 1. The van der Waals surface area contributed by atoms with Gasteiger partial charge in [0.1, 0.15) is 11.4 Å². The van der Waals surface area contributed by atoms with E-state index in [2.05, 4.69) is 20.4 Å². The quantitative estimate of drug-likeness (QED) is 0.464. The molecule has 3 aromatic heterocycles. The Morgan fingerprint density at radius 1 is 1.15 bits per heavy atom. The van der Waals surface area contributed by atoms with Crippen LogP contribution in [0.4, 0.5) is 0 Å². The van der Waals surface area contributed by atoms with E-state index in [0.29, 0.717) is 28.7 Å². The fourth-order valence-corrected chi connectivity index (χ4v) is 3.68. The van der Waals surface area contributed by atoms with Crippen LogP contribution < -0.4 is 14.8 Å². The van der Waals surface area contributed by atoms with Crippen LogP contribution in [-0.2, 0) is 11.8 Å². The Bertz CT molecular complexity index is 1300. The number of carbonyl (C=O) groups excluding carboxylic acids is 1. The Balaban J connectivity index is 1.50. The van der Waals surface area contributed by atoms with Crippen molar-refractivity contribution in [3.63, 3.8) is 0 Å². The predicted octanol–water partition coefficient (Wildman–Crippen LogP) is 3.91. The lowest BCUT2D eigenvalue weighted by atomic mass is 10.1. The van der Waals surface area contributed by atoms with Gasteiger partial charge in [0, 0.05) is 25.4 Å². The van der Waals surface area contributed by atoms with Crippen molar-refractivity contribution in [2.75, 3.05) is 13.7 Å². The number of hydrogen-bond acceptors (Lipinski definition) is 6. The highest BCUT2D eigenvalue weighted by Crippen LogP contribution is 2.31. The molecule has 4 aromatic rings. The van der Waals surface area contributed by atoms with Crippen molar-refractivity contribution < 1.29 is 14.3 Å². The van der Waals surface area contributed by atoms with Gasteiger partial charge in [0.2, 0.25) is 5.88 Å². The number of fused-ring (bicyclic) bond motifs is 1. The number of benzene rings is 1. The molecule has 1 atom stereocenters. The summed E-state index contributed by atoms with van der Waals surface area (Å²) >= 11 is 0. The monoisotopic (exact) mass is 445 g/mol. The molecule has 1 amide bonds. The first kappa shape index (κ1) is 22.3. The van der Waals surface area contributed by atoms with Crippen molar-refractivity contribution in [2.45, 2.75) is 26.8 Å². The highest BCUT2D eigenvalue weighted by molar-refractivity contribution is 5.93. The van der Waals surface area contributed by atoms with E-state index in [1.807, 2.05) is 64.2 Å². The number of aryl methyl sites for hydroxylation is 3. The predicted molar refractivity (Wildman–Crippen MR) is 126 cm³/mol. The van der Waals surface area contributed by atoms with E-state index in [4.69, 9.17) is 9.47 Å². The zero-order chi connectivity index (χ0) is 23.5. The molecule has 3 heterocycles. The molecule has 0 saturated heterocycles. The lowest BCUT2D eigenvalue weighted by Gasteiger charge is -2.15. The number of amides is 1. The maximum atomic E-state index is 12.4. The highest BCUT2D eigenvalue weighted by Gasteiger charge is 2.18. The number of rotatable bonds is 7. The van der Waals surface area contributed by atoms with E-state index in [0.717, 1.165) is 16.5 Å². The number of hydrogen-bond donors (Lipinski definition) is 1. The second kappa shape index (κ2) is 9.28. The first-order valence-electron chi connectivity index (χ1n) is 10.7. The van der Waals surface area contributed by atoms with Crippen LogP contribution in [0.1, 0.15) is 29.7 Å². The molecule has 33 heavy (non-hydrogen) atoms. The van der Waals surface area contributed by atoms with Crippen LogP contribution in [0.5, 0.6) is 11.6 Å². The van der Waals surface area contributed by atoms with Crippen LogP contribution in [0.25, 0.3) is 22.4 Å². The number of carbonyl (C=O) groups is 1. The highest BCUT2D eigenvalue weighted by atomic mass is 16.5. The third kappa shape index (κ3) is 4.79. The van der Waals surface area contributed by atoms with E-state index < -0.39 is 0 Å². The summed E-state index contributed by atoms with van der Waals surface area (Å²) in [5.74, 6) is 0.857. The van der Waals surface area contributed by atoms with Crippen LogP contribution in [0.3, 0.4) is 0 Å². The smallest absolute Gasteiger partial charge is 0.258 e. The summed E-state index contributed by atoms with van der Waals surface area (Å²) < 4.78 is 12.7. The van der Waals surface area contributed by atoms with Gasteiger partial charge in [0.15, 0.2) is 12.3 Å². The fourth-order valence-electron chi connectivity index (χ4n) is 3.68. The van der Waals surface area contributed by atoms with Gasteiger partial charge < -0.3 is 14.8 Å². The van der Waals surface area contributed by atoms with Crippen molar-refractivity contribution in [3.8, 4) is 23.0 Å². The van der Waals surface area contributed by atoms with E-state index in [1.165, 1.54) is 5.56 Å². The van der Waals surface area contributed by atoms with Crippen LogP contribution in [-0.4, -0.2) is 39.4 Å². The number of pyridine rings is 2. The Morgan fingerprint density at radius 3 is 2.64 bits per heavy atom. The van der Waals surface area contributed by atoms with Gasteiger partial charge >= 0.3 is 0 Å². The third-order valence-corrected chi connectivity index (χ3v) is 5.48. The van der Waals surface area contributed by atoms with Gasteiger partial charge in [0.05, 0.1) is 24.2 Å². The Kier molecular flexibility index (Phi) is 6.26. The standard InChI is InChI=1S/C25H27N5O3/c1-15-6-8-18(9-7-15)17(3)27-21(31)14-33-22-12-16(2)23-24(29-30(4)25(23)28-22)20-13-19(32-5)10-11-26-20/h6-13,17H,14H2,1-5H3,(H,27,31). The molecule has 0 spiro atoms. The summed E-state index contributed by atoms with van der Waals surface area (Å²) in [6.45, 7) is 5.81. The van der Waals surface area contributed by atoms with Crippen LogP contribution in [0.2, 0.25) is 0 Å². The topological polar surface area (TPSA) is 91.2 Å². The summed E-state index contributed by atoms with van der Waals surface area (Å²) in [7, 11) is 3.43. The molecule has 0 radical (unpaired) electrons. The van der Waals surface area contributed by atoms with Crippen molar-refractivity contribution in [1.82, 2.24) is 25.1 Å². The van der Waals surface area contributed by atoms with Crippen molar-refractivity contribution in [3.05, 3.63) is 65.4 Å². The summed E-state index contributed by atoms with van der Waals surface area (Å²) in [4.78, 5) is 21.4. The van der Waals surface area contributed by atoms with Gasteiger partial charge in [-0.25, -0.2) is 4.68 Å². The fraction of sp³-hybridized carbons (Fsp3) is 0.280. The molecule has 8 nitrogen and oxygen atoms in total. The second-order valence-corrected chi connectivity index (χ2v) is 8.02. The van der Waals surface area contributed by atoms with Crippen molar-refractivity contribution in [2.24, 2.45) is 7.05 Å². The molecule has 0 bridgehead atoms. The van der Waals surface area contributed by atoms with Crippen molar-refractivity contribution >= 4 is 16.9 Å². The van der Waals surface area contributed by atoms with Gasteiger partial charge in [-0.15, -0.1) is 0 Å². The molecule has 0 fully saturated rings. The van der Waals surface area contributed by atoms with E-state index in [1.54, 1.807) is 24.1 Å². The molecule has 1 N–H and O–H groups in total. The Morgan fingerprint density at radius 2 is 1.91 bits per heavy atom. The molecular formula is C25H27N5O3. The molecule has 0 aliphatic carbocycles. The molecule has 8 heteroatoms. The van der Waals surface area contributed by atoms with Crippen LogP contribution >= 0.6 is 0 Å². The molecule has 0 aliphatic rings. The molecule has 0 saturated carbocycles. The average Bonchev–Trinajstić information content (AvgIpc) is 3.15. The summed E-state index contributed by atoms with van der Waals surface area (Å²) in [6, 6.07) is 13.4. The molecule has 0 aliphatic heterocycles. The van der Waals surface area contributed by atoms with Crippen LogP contribution in [0.15, 0.2) is 48.7 Å². The maximum absolute atomic E-state index is 12.4. The first-order valence-corrected chi connectivity index (χ1v) is 10.7. The third-order valence-electron chi connectivity index (χ3n) is 5.48. The Hall–Kier alpha value is -3.94. The molecule has 1 unspecified atom stereocenters. The largest absolute Gasteiger partial charge is 0.497 e. The molecule has 170 valence electrons. The molecule has 1 aromatic carbocycles. The van der Waals surface area contributed by atoms with E-state index in [-0.39, 0.29) is 18.6 Å². The Labute approximate surface area is 192 Å². The zero-order valence-corrected chi connectivity index (χ0v) is 19.4. The molecular weight excluding hydrogens is 418 g/mol. The van der Waals surface area contributed by atoms with E-state index >= 15 is 0 Å². The summed E-state index contributed by atoms with van der Waals surface area (Å²) in [5.41, 5.74) is 5.21. The minimum absolute atomic E-state index is 0.117. The number of ether oxygens (including phenoxy) is 2. The maximum Gasteiger partial charge on any atom is 0.258 e. The number of nitrogens with zero attached hydrogens (tertiary/aromatic N) is 4. The lowest BCUT2D eigenvalue weighted by Crippen LogP contribution is -2.31. The van der Waals surface area contributed by atoms with Gasteiger partial charge in [-0.1, -0.05) is 29.8 Å². The summed E-state index contributed by atoms with van der Waals surface area (Å²) in [6.07, 6.45) is 1.69. The van der Waals surface area contributed by atoms with Gasteiger partial charge in [-0.3, -0.25) is 9.78 Å². The average molecular weight is 446 g/mol. The number of aromatic nitrogens is 4. The van der Waals surface area contributed by atoms with Gasteiger partial charge in [-0.2, -0.15) is 10.1 Å². The van der Waals surface area contributed by atoms with E-state index in [9.17, 15) is 4.79 Å². The molecule has 4 rings (SSSR count). The minimum atomic E-state index is -0.214. The van der Waals surface area contributed by atoms with Crippen molar-refractivity contribution in [1.29, 1.82) is 0 Å². The van der Waals surface area contributed by atoms with Crippen LogP contribution in [0, 0.1) is 13.8 Å². The van der Waals surface area contributed by atoms with Gasteiger partial charge in [0.25, 0.3) is 5.91 Å². The zero-order valence-electron chi connectivity index (χ0n) is 19.4. The first-order chi connectivity index (χ1) is 15.9. The SMILES string of the molecule is COc1ccnc(-c2nn(C)c3nc(OCC(=O)NC(C)c4ccc(C)cc4)cc(C)c23)c1. The minimum Gasteiger partial charge on any atom is -0.497 e. The second-order valence-electron chi connectivity index (χ2n) is 8.02. The number of nitrogens with one attached hydrogen (secondary N) is 1. The normalized spacial score (nSPS) is 11.9. The lowest BCUT2D eigenvalue weighted by molar-refractivity contribution is -0.123.